The minimum absolute atomic E-state index is 0.473. The molecule has 0 aliphatic rings. The fraction of sp³-hybridized carbons (Fsp3) is 0.182. The number of hydrogen-bond acceptors (Lipinski definition) is 6. The van der Waals surface area contributed by atoms with E-state index in [0.29, 0.717) is 35.1 Å². The Morgan fingerprint density at radius 3 is 2.53 bits per heavy atom. The van der Waals surface area contributed by atoms with Gasteiger partial charge in [-0.3, -0.25) is 0 Å². The lowest BCUT2D eigenvalue weighted by molar-refractivity contribution is 0.342. The fourth-order valence-electron chi connectivity index (χ4n) is 1.54. The van der Waals surface area contributed by atoms with Gasteiger partial charge in [-0.2, -0.15) is 0 Å². The van der Waals surface area contributed by atoms with E-state index in [0.717, 1.165) is 0 Å². The van der Waals surface area contributed by atoms with Crippen molar-refractivity contribution >= 4 is 11.4 Å². The molecule has 1 aromatic heterocycles. The molecule has 0 amide bonds. The zero-order valence-corrected chi connectivity index (χ0v) is 9.42. The second-order valence-corrected chi connectivity index (χ2v) is 3.38. The molecule has 4 N–H and O–H groups in total. The zero-order valence-electron chi connectivity index (χ0n) is 9.42. The molecule has 1 aromatic carbocycles. The van der Waals surface area contributed by atoms with Crippen molar-refractivity contribution in [3.63, 3.8) is 0 Å². The van der Waals surface area contributed by atoms with Crippen LogP contribution in [0.2, 0.25) is 0 Å². The molecule has 88 valence electrons. The minimum Gasteiger partial charge on any atom is -0.493 e. The van der Waals surface area contributed by atoms with Crippen molar-refractivity contribution in [1.82, 2.24) is 15.0 Å². The van der Waals surface area contributed by atoms with Crippen molar-refractivity contribution in [2.75, 3.05) is 18.1 Å². The van der Waals surface area contributed by atoms with Crippen molar-refractivity contribution in [1.29, 1.82) is 0 Å². The van der Waals surface area contributed by atoms with E-state index in [-0.39, 0.29) is 0 Å². The second-order valence-electron chi connectivity index (χ2n) is 3.38. The number of nitrogens with two attached hydrogens (primary N) is 2. The maximum absolute atomic E-state index is 5.92. The largest absolute Gasteiger partial charge is 0.493 e. The van der Waals surface area contributed by atoms with Crippen LogP contribution in [-0.4, -0.2) is 21.6 Å². The van der Waals surface area contributed by atoms with Crippen LogP contribution >= 0.6 is 0 Å². The Morgan fingerprint density at radius 2 is 1.88 bits per heavy atom. The Balaban J connectivity index is 2.59. The van der Waals surface area contributed by atoms with E-state index in [1.165, 1.54) is 12.7 Å². The Hall–Kier alpha value is -2.37. The highest BCUT2D eigenvalue weighted by Crippen LogP contribution is 2.35. The summed E-state index contributed by atoms with van der Waals surface area (Å²) in [5.41, 5.74) is 13.3. The van der Waals surface area contributed by atoms with Gasteiger partial charge < -0.3 is 16.2 Å². The Kier molecular flexibility index (Phi) is 3.04. The summed E-state index contributed by atoms with van der Waals surface area (Å²) < 4.78 is 5.49. The van der Waals surface area contributed by atoms with Crippen LogP contribution in [0.1, 0.15) is 6.92 Å². The third-order valence-corrected chi connectivity index (χ3v) is 2.17. The number of ether oxygens (including phenoxy) is 1. The molecule has 0 aliphatic carbocycles. The molecule has 0 fully saturated rings. The predicted molar refractivity (Wildman–Crippen MR) is 65.3 cm³/mol. The molecule has 0 unspecified atom stereocenters. The van der Waals surface area contributed by atoms with Crippen LogP contribution in [0.5, 0.6) is 5.75 Å². The van der Waals surface area contributed by atoms with E-state index in [9.17, 15) is 0 Å². The number of aromatic nitrogens is 3. The van der Waals surface area contributed by atoms with Gasteiger partial charge in [0.25, 0.3) is 0 Å². The molecular weight excluding hydrogens is 218 g/mol. The first-order chi connectivity index (χ1) is 8.22. The van der Waals surface area contributed by atoms with E-state index in [1.54, 1.807) is 12.1 Å². The zero-order chi connectivity index (χ0) is 12.3. The Bertz CT molecular complexity index is 515. The first-order valence-electron chi connectivity index (χ1n) is 5.16. The third kappa shape index (κ3) is 2.25. The number of nitrogen functional groups attached to an aromatic ring is 2. The van der Waals surface area contributed by atoms with Crippen molar-refractivity contribution < 1.29 is 4.74 Å². The van der Waals surface area contributed by atoms with E-state index >= 15 is 0 Å². The number of nitrogens with zero attached hydrogens (tertiary/aromatic N) is 3. The summed E-state index contributed by atoms with van der Waals surface area (Å²) in [5, 5.41) is 0. The predicted octanol–water partition coefficient (Wildman–Crippen LogP) is 1.10. The number of anilines is 2. The van der Waals surface area contributed by atoms with E-state index in [2.05, 4.69) is 15.0 Å². The molecule has 0 saturated heterocycles. The molecule has 0 atom stereocenters. The number of hydrogen-bond donors (Lipinski definition) is 2. The van der Waals surface area contributed by atoms with E-state index in [1.807, 2.05) is 6.92 Å². The third-order valence-electron chi connectivity index (χ3n) is 2.17. The molecule has 0 aliphatic heterocycles. The Morgan fingerprint density at radius 1 is 1.18 bits per heavy atom. The van der Waals surface area contributed by atoms with E-state index < -0.39 is 0 Å². The van der Waals surface area contributed by atoms with Crippen LogP contribution < -0.4 is 16.2 Å². The molecule has 0 bridgehead atoms. The van der Waals surface area contributed by atoms with E-state index in [4.69, 9.17) is 16.2 Å². The average molecular weight is 231 g/mol. The van der Waals surface area contributed by atoms with Gasteiger partial charge in [-0.05, 0) is 13.0 Å². The first kappa shape index (κ1) is 11.1. The van der Waals surface area contributed by atoms with Gasteiger partial charge in [0.1, 0.15) is 18.4 Å². The van der Waals surface area contributed by atoms with Gasteiger partial charge in [0.2, 0.25) is 0 Å². The van der Waals surface area contributed by atoms with Gasteiger partial charge in [-0.1, -0.05) is 0 Å². The highest BCUT2D eigenvalue weighted by atomic mass is 16.5. The monoisotopic (exact) mass is 231 g/mol. The van der Waals surface area contributed by atoms with Crippen LogP contribution in [0.4, 0.5) is 11.4 Å². The highest BCUT2D eigenvalue weighted by Gasteiger charge is 2.13. The highest BCUT2D eigenvalue weighted by molar-refractivity contribution is 5.81. The summed E-state index contributed by atoms with van der Waals surface area (Å²) in [6.45, 7) is 2.40. The normalized spacial score (nSPS) is 10.2. The molecule has 2 aromatic rings. The van der Waals surface area contributed by atoms with Crippen LogP contribution in [0.3, 0.4) is 0 Å². The van der Waals surface area contributed by atoms with Crippen LogP contribution in [0.15, 0.2) is 24.8 Å². The standard InChI is InChI=1S/C11H13N5O/c1-2-17-9-4-7(12)3-8(13)10(9)11-15-5-14-6-16-11/h3-6H,2,12-13H2,1H3. The quantitative estimate of drug-likeness (QED) is 0.767. The topological polar surface area (TPSA) is 99.9 Å². The maximum Gasteiger partial charge on any atom is 0.168 e. The lowest BCUT2D eigenvalue weighted by Crippen LogP contribution is -2.02. The van der Waals surface area contributed by atoms with Crippen LogP contribution in [-0.2, 0) is 0 Å². The summed E-state index contributed by atoms with van der Waals surface area (Å²) in [6.07, 6.45) is 2.82. The summed E-state index contributed by atoms with van der Waals surface area (Å²) >= 11 is 0. The molecule has 2 rings (SSSR count). The SMILES string of the molecule is CCOc1cc(N)cc(N)c1-c1ncncn1. The molecule has 17 heavy (non-hydrogen) atoms. The molecular formula is C11H13N5O. The van der Waals surface area contributed by atoms with Crippen LogP contribution in [0, 0.1) is 0 Å². The van der Waals surface area contributed by atoms with Gasteiger partial charge in [0.15, 0.2) is 5.82 Å². The average Bonchev–Trinajstić information content (AvgIpc) is 2.30. The number of rotatable bonds is 3. The minimum atomic E-state index is 0.473. The van der Waals surface area contributed by atoms with Crippen molar-refractivity contribution in [2.24, 2.45) is 0 Å². The molecule has 0 saturated carbocycles. The second kappa shape index (κ2) is 4.65. The van der Waals surface area contributed by atoms with Gasteiger partial charge in [0, 0.05) is 17.4 Å². The lowest BCUT2D eigenvalue weighted by atomic mass is 10.1. The van der Waals surface area contributed by atoms with Gasteiger partial charge in [-0.15, -0.1) is 0 Å². The number of benzene rings is 1. The smallest absolute Gasteiger partial charge is 0.168 e. The van der Waals surface area contributed by atoms with Crippen molar-refractivity contribution in [3.05, 3.63) is 24.8 Å². The lowest BCUT2D eigenvalue weighted by Gasteiger charge is -2.12. The van der Waals surface area contributed by atoms with Gasteiger partial charge in [0.05, 0.1) is 12.2 Å². The van der Waals surface area contributed by atoms with Crippen LogP contribution in [0.25, 0.3) is 11.4 Å². The molecule has 0 radical (unpaired) electrons. The van der Waals surface area contributed by atoms with Gasteiger partial charge in [-0.25, -0.2) is 15.0 Å². The fourth-order valence-corrected chi connectivity index (χ4v) is 1.54. The molecule has 6 nitrogen and oxygen atoms in total. The summed E-state index contributed by atoms with van der Waals surface area (Å²) in [4.78, 5) is 11.9. The molecule has 6 heteroatoms. The summed E-state index contributed by atoms with van der Waals surface area (Å²) in [5.74, 6) is 1.05. The maximum atomic E-state index is 5.92. The Labute approximate surface area is 98.7 Å². The van der Waals surface area contributed by atoms with Crippen molar-refractivity contribution in [2.45, 2.75) is 6.92 Å². The summed E-state index contributed by atoms with van der Waals surface area (Å²) in [6, 6.07) is 3.36. The first-order valence-corrected chi connectivity index (χ1v) is 5.16. The molecule has 0 spiro atoms. The van der Waals surface area contributed by atoms with Gasteiger partial charge >= 0.3 is 0 Å². The molecule has 1 heterocycles. The van der Waals surface area contributed by atoms with Crippen molar-refractivity contribution in [3.8, 4) is 17.1 Å². The summed E-state index contributed by atoms with van der Waals surface area (Å²) in [7, 11) is 0.